The summed E-state index contributed by atoms with van der Waals surface area (Å²) in [5, 5.41) is 0.674. The van der Waals surface area contributed by atoms with E-state index < -0.39 is 17.5 Å². The molecule has 1 heterocycles. The average Bonchev–Trinajstić information content (AvgIpc) is 3.07. The van der Waals surface area contributed by atoms with Crippen molar-refractivity contribution in [2.45, 2.75) is 33.0 Å². The first-order valence-corrected chi connectivity index (χ1v) is 8.89. The summed E-state index contributed by atoms with van der Waals surface area (Å²) in [5.41, 5.74) is 0.852. The molecule has 0 aliphatic carbocycles. The Morgan fingerprint density at radius 2 is 1.75 bits per heavy atom. The van der Waals surface area contributed by atoms with Gasteiger partial charge in [-0.25, -0.2) is 9.59 Å². The van der Waals surface area contributed by atoms with Gasteiger partial charge in [-0.1, -0.05) is 30.3 Å². The maximum atomic E-state index is 12.2. The summed E-state index contributed by atoms with van der Waals surface area (Å²) in [6, 6.07) is 16.0. The molecule has 0 N–H and O–H groups in total. The molecular formula is C22H22O6. The highest BCUT2D eigenvalue weighted by atomic mass is 16.6. The van der Waals surface area contributed by atoms with Crippen LogP contribution in [0.1, 0.15) is 36.9 Å². The number of carbonyl (C=O) groups is 2. The maximum absolute atomic E-state index is 12.2. The van der Waals surface area contributed by atoms with E-state index in [1.165, 1.54) is 0 Å². The molecule has 3 rings (SSSR count). The highest BCUT2D eigenvalue weighted by Crippen LogP contribution is 2.25. The van der Waals surface area contributed by atoms with Crippen LogP contribution < -0.4 is 4.74 Å². The van der Waals surface area contributed by atoms with E-state index in [1.807, 2.05) is 30.3 Å². The first-order valence-electron chi connectivity index (χ1n) is 8.89. The number of furan rings is 1. The van der Waals surface area contributed by atoms with Crippen molar-refractivity contribution in [3.63, 3.8) is 0 Å². The lowest BCUT2D eigenvalue weighted by molar-refractivity contribution is -0.157. The molecule has 28 heavy (non-hydrogen) atoms. The Labute approximate surface area is 163 Å². The molecule has 1 aromatic heterocycles. The molecule has 146 valence electrons. The second-order valence-corrected chi connectivity index (χ2v) is 7.25. The van der Waals surface area contributed by atoms with E-state index >= 15 is 0 Å². The van der Waals surface area contributed by atoms with Gasteiger partial charge in [-0.15, -0.1) is 0 Å². The first-order chi connectivity index (χ1) is 13.3. The second kappa shape index (κ2) is 8.17. The fourth-order valence-corrected chi connectivity index (χ4v) is 2.52. The van der Waals surface area contributed by atoms with E-state index in [1.54, 1.807) is 45.0 Å². The molecule has 0 aliphatic heterocycles. The molecule has 3 aromatic rings. The lowest BCUT2D eigenvalue weighted by Crippen LogP contribution is -2.27. The first kappa shape index (κ1) is 19.5. The van der Waals surface area contributed by atoms with Crippen LogP contribution in [0.15, 0.2) is 59.0 Å². The minimum absolute atomic E-state index is 0.107. The van der Waals surface area contributed by atoms with E-state index in [4.69, 9.17) is 18.6 Å². The van der Waals surface area contributed by atoms with Gasteiger partial charge in [0.05, 0.1) is 0 Å². The normalized spacial score (nSPS) is 11.2. The molecule has 0 amide bonds. The smallest absolute Gasteiger partial charge is 0.374 e. The summed E-state index contributed by atoms with van der Waals surface area (Å²) >= 11 is 0. The molecule has 0 atom stereocenters. The molecule has 0 saturated carbocycles. The summed E-state index contributed by atoms with van der Waals surface area (Å²) in [4.78, 5) is 24.0. The van der Waals surface area contributed by atoms with Crippen molar-refractivity contribution < 1.29 is 28.2 Å². The summed E-state index contributed by atoms with van der Waals surface area (Å²) in [7, 11) is 0. The molecule has 0 spiro atoms. The van der Waals surface area contributed by atoms with Crippen molar-refractivity contribution >= 4 is 22.9 Å². The largest absolute Gasteiger partial charge is 0.482 e. The number of rotatable bonds is 6. The number of fused-ring (bicyclic) bond motifs is 1. The van der Waals surface area contributed by atoms with Gasteiger partial charge in [0.1, 0.15) is 23.5 Å². The van der Waals surface area contributed by atoms with Gasteiger partial charge in [0, 0.05) is 5.39 Å². The summed E-state index contributed by atoms with van der Waals surface area (Å²) < 4.78 is 21.5. The minimum atomic E-state index is -0.566. The van der Waals surface area contributed by atoms with Gasteiger partial charge in [0.15, 0.2) is 6.61 Å². The van der Waals surface area contributed by atoms with Crippen molar-refractivity contribution in [2.75, 3.05) is 6.61 Å². The van der Waals surface area contributed by atoms with E-state index in [-0.39, 0.29) is 19.0 Å². The minimum Gasteiger partial charge on any atom is -0.482 e. The number of ether oxygens (including phenoxy) is 3. The molecule has 2 aromatic carbocycles. The Morgan fingerprint density at radius 1 is 1.00 bits per heavy atom. The highest BCUT2D eigenvalue weighted by Gasteiger charge is 2.17. The van der Waals surface area contributed by atoms with Gasteiger partial charge in [0.25, 0.3) is 0 Å². The van der Waals surface area contributed by atoms with E-state index in [0.29, 0.717) is 16.7 Å². The summed E-state index contributed by atoms with van der Waals surface area (Å²) in [6.45, 7) is 5.34. The average molecular weight is 382 g/mol. The van der Waals surface area contributed by atoms with Crippen molar-refractivity contribution in [3.05, 3.63) is 65.9 Å². The Kier molecular flexibility index (Phi) is 5.68. The van der Waals surface area contributed by atoms with Crippen LogP contribution in [0, 0.1) is 0 Å². The van der Waals surface area contributed by atoms with Crippen LogP contribution in [-0.4, -0.2) is 24.1 Å². The number of hydrogen-bond donors (Lipinski definition) is 0. The Hall–Kier alpha value is -3.28. The van der Waals surface area contributed by atoms with Gasteiger partial charge in [-0.3, -0.25) is 0 Å². The van der Waals surface area contributed by atoms with E-state index in [2.05, 4.69) is 0 Å². The number of benzene rings is 2. The van der Waals surface area contributed by atoms with Crippen LogP contribution in [0.2, 0.25) is 0 Å². The third-order valence-electron chi connectivity index (χ3n) is 3.68. The molecule has 0 saturated heterocycles. The van der Waals surface area contributed by atoms with Crippen LogP contribution in [0.3, 0.4) is 0 Å². The third kappa shape index (κ3) is 5.36. The molecule has 6 heteroatoms. The predicted octanol–water partition coefficient (Wildman–Crippen LogP) is 4.51. The van der Waals surface area contributed by atoms with Gasteiger partial charge >= 0.3 is 11.9 Å². The SMILES string of the molecule is CC(C)(C)OC(=O)COc1ccc2oc(C(=O)OCc3ccccc3)cc2c1. The molecular weight excluding hydrogens is 360 g/mol. The topological polar surface area (TPSA) is 75.0 Å². The van der Waals surface area contributed by atoms with Crippen LogP contribution in [0.4, 0.5) is 0 Å². The molecule has 0 bridgehead atoms. The number of esters is 2. The Balaban J connectivity index is 1.62. The van der Waals surface area contributed by atoms with E-state index in [0.717, 1.165) is 5.56 Å². The fraction of sp³-hybridized carbons (Fsp3) is 0.273. The zero-order valence-corrected chi connectivity index (χ0v) is 16.1. The second-order valence-electron chi connectivity index (χ2n) is 7.25. The molecule has 0 unspecified atom stereocenters. The van der Waals surface area contributed by atoms with Crippen LogP contribution >= 0.6 is 0 Å². The van der Waals surface area contributed by atoms with Gasteiger partial charge in [0.2, 0.25) is 5.76 Å². The standard InChI is InChI=1S/C22H22O6/c1-22(2,3)28-20(23)14-25-17-9-10-18-16(11-17)12-19(27-18)21(24)26-13-15-7-5-4-6-8-15/h4-12H,13-14H2,1-3H3. The van der Waals surface area contributed by atoms with Crippen LogP contribution in [0.5, 0.6) is 5.75 Å². The highest BCUT2D eigenvalue weighted by molar-refractivity contribution is 5.93. The summed E-state index contributed by atoms with van der Waals surface area (Å²) in [6.07, 6.45) is 0. The van der Waals surface area contributed by atoms with Crippen LogP contribution in [0.25, 0.3) is 11.0 Å². The van der Waals surface area contributed by atoms with Crippen molar-refractivity contribution in [1.29, 1.82) is 0 Å². The monoisotopic (exact) mass is 382 g/mol. The molecule has 0 radical (unpaired) electrons. The number of carbonyl (C=O) groups excluding carboxylic acids is 2. The van der Waals surface area contributed by atoms with Gasteiger partial charge in [-0.05, 0) is 50.6 Å². The summed E-state index contributed by atoms with van der Waals surface area (Å²) in [5.74, 6) is -0.417. The molecule has 6 nitrogen and oxygen atoms in total. The van der Waals surface area contributed by atoms with E-state index in [9.17, 15) is 9.59 Å². The van der Waals surface area contributed by atoms with Crippen molar-refractivity contribution in [2.24, 2.45) is 0 Å². The van der Waals surface area contributed by atoms with Gasteiger partial charge < -0.3 is 18.6 Å². The zero-order valence-electron chi connectivity index (χ0n) is 16.1. The molecule has 0 fully saturated rings. The van der Waals surface area contributed by atoms with Crippen molar-refractivity contribution in [1.82, 2.24) is 0 Å². The lowest BCUT2D eigenvalue weighted by atomic mass is 10.2. The maximum Gasteiger partial charge on any atom is 0.374 e. The zero-order chi connectivity index (χ0) is 20.1. The van der Waals surface area contributed by atoms with Gasteiger partial charge in [-0.2, -0.15) is 0 Å². The predicted molar refractivity (Wildman–Crippen MR) is 103 cm³/mol. The Bertz CT molecular complexity index is 966. The third-order valence-corrected chi connectivity index (χ3v) is 3.68. The van der Waals surface area contributed by atoms with Crippen LogP contribution in [-0.2, 0) is 20.9 Å². The quantitative estimate of drug-likeness (QED) is 0.584. The lowest BCUT2D eigenvalue weighted by Gasteiger charge is -2.19. The van der Waals surface area contributed by atoms with Crippen molar-refractivity contribution in [3.8, 4) is 5.75 Å². The Morgan fingerprint density at radius 3 is 2.46 bits per heavy atom. The fourth-order valence-electron chi connectivity index (χ4n) is 2.52. The molecule has 0 aliphatic rings. The number of hydrogen-bond acceptors (Lipinski definition) is 6.